The lowest BCUT2D eigenvalue weighted by molar-refractivity contribution is -0.115. The molecular formula is C12H18N2O3S. The van der Waals surface area contributed by atoms with Gasteiger partial charge >= 0.3 is 5.97 Å². The molecular weight excluding hydrogens is 252 g/mol. The zero-order chi connectivity index (χ0) is 13.5. The van der Waals surface area contributed by atoms with Crippen LogP contribution in [0.15, 0.2) is 5.38 Å². The van der Waals surface area contributed by atoms with Crippen LogP contribution in [0.4, 0.5) is 5.69 Å². The summed E-state index contributed by atoms with van der Waals surface area (Å²) in [6.45, 7) is 4.85. The Balaban J connectivity index is 2.53. The van der Waals surface area contributed by atoms with E-state index in [9.17, 15) is 9.59 Å². The van der Waals surface area contributed by atoms with Gasteiger partial charge in [0.25, 0.3) is 0 Å². The van der Waals surface area contributed by atoms with Gasteiger partial charge in [0.1, 0.15) is 4.88 Å². The van der Waals surface area contributed by atoms with Gasteiger partial charge in [-0.1, -0.05) is 13.3 Å². The molecule has 0 saturated carbocycles. The maximum absolute atomic E-state index is 11.6. The fourth-order valence-corrected chi connectivity index (χ4v) is 2.29. The second-order valence-corrected chi connectivity index (χ2v) is 4.89. The molecule has 18 heavy (non-hydrogen) atoms. The van der Waals surface area contributed by atoms with E-state index in [0.29, 0.717) is 5.69 Å². The molecule has 0 aliphatic carbocycles. The second-order valence-electron chi connectivity index (χ2n) is 4.01. The quantitative estimate of drug-likeness (QED) is 0.663. The topological polar surface area (TPSA) is 78.4 Å². The van der Waals surface area contributed by atoms with E-state index in [1.807, 2.05) is 0 Å². The van der Waals surface area contributed by atoms with Crippen LogP contribution in [-0.4, -0.2) is 30.1 Å². The molecule has 0 spiro atoms. The fourth-order valence-electron chi connectivity index (χ4n) is 1.44. The summed E-state index contributed by atoms with van der Waals surface area (Å²) in [6, 6.07) is 0. The number of anilines is 1. The molecule has 100 valence electrons. The number of carboxylic acid groups (broad SMARTS) is 1. The highest BCUT2D eigenvalue weighted by Crippen LogP contribution is 2.27. The van der Waals surface area contributed by atoms with Gasteiger partial charge in [0.2, 0.25) is 5.91 Å². The van der Waals surface area contributed by atoms with E-state index in [4.69, 9.17) is 5.11 Å². The summed E-state index contributed by atoms with van der Waals surface area (Å²) >= 11 is 1.12. The molecule has 0 aliphatic heterocycles. The number of unbranched alkanes of at least 4 members (excludes halogenated alkanes) is 1. The number of carbonyl (C=O) groups is 2. The first-order valence-electron chi connectivity index (χ1n) is 5.88. The Hall–Kier alpha value is -1.40. The van der Waals surface area contributed by atoms with Gasteiger partial charge in [0, 0.05) is 0 Å². The Kier molecular flexibility index (Phi) is 5.80. The minimum atomic E-state index is -1.01. The molecule has 0 bridgehead atoms. The lowest BCUT2D eigenvalue weighted by Crippen LogP contribution is -2.29. The standard InChI is InChI=1S/C12H18N2O3S/c1-3-4-5-13-6-9(15)14-10-8(2)7-18-11(10)12(16)17/h7,13H,3-6H2,1-2H3,(H,14,15)(H,16,17). The zero-order valence-electron chi connectivity index (χ0n) is 10.6. The van der Waals surface area contributed by atoms with Gasteiger partial charge in [-0.05, 0) is 30.8 Å². The first kappa shape index (κ1) is 14.7. The smallest absolute Gasteiger partial charge is 0.348 e. The summed E-state index contributed by atoms with van der Waals surface area (Å²) in [4.78, 5) is 22.8. The maximum Gasteiger partial charge on any atom is 0.348 e. The minimum absolute atomic E-state index is 0.175. The number of aryl methyl sites for hydroxylation is 1. The highest BCUT2D eigenvalue weighted by Gasteiger charge is 2.16. The Morgan fingerprint density at radius 3 is 2.78 bits per heavy atom. The van der Waals surface area contributed by atoms with Crippen molar-refractivity contribution in [1.29, 1.82) is 0 Å². The average molecular weight is 270 g/mol. The molecule has 0 aromatic carbocycles. The van der Waals surface area contributed by atoms with Crippen LogP contribution in [0, 0.1) is 6.92 Å². The Bertz CT molecular complexity index is 429. The van der Waals surface area contributed by atoms with Crippen molar-refractivity contribution < 1.29 is 14.7 Å². The van der Waals surface area contributed by atoms with Crippen molar-refractivity contribution in [2.75, 3.05) is 18.4 Å². The third kappa shape index (κ3) is 4.12. The summed E-state index contributed by atoms with van der Waals surface area (Å²) in [7, 11) is 0. The van der Waals surface area contributed by atoms with Crippen LogP contribution >= 0.6 is 11.3 Å². The number of carbonyl (C=O) groups excluding carboxylic acids is 1. The molecule has 0 radical (unpaired) electrons. The molecule has 1 rings (SSSR count). The van der Waals surface area contributed by atoms with Crippen LogP contribution in [0.2, 0.25) is 0 Å². The average Bonchev–Trinajstić information content (AvgIpc) is 2.67. The fraction of sp³-hybridized carbons (Fsp3) is 0.500. The molecule has 0 fully saturated rings. The van der Waals surface area contributed by atoms with Crippen molar-refractivity contribution in [1.82, 2.24) is 5.32 Å². The molecule has 0 aliphatic rings. The van der Waals surface area contributed by atoms with Crippen molar-refractivity contribution in [3.63, 3.8) is 0 Å². The number of rotatable bonds is 7. The SMILES string of the molecule is CCCCNCC(=O)Nc1c(C)csc1C(=O)O. The summed E-state index contributed by atoms with van der Waals surface area (Å²) < 4.78 is 0. The maximum atomic E-state index is 11.6. The Morgan fingerprint density at radius 1 is 1.44 bits per heavy atom. The van der Waals surface area contributed by atoms with Gasteiger partial charge in [-0.3, -0.25) is 4.79 Å². The van der Waals surface area contributed by atoms with Crippen molar-refractivity contribution in [2.45, 2.75) is 26.7 Å². The summed E-state index contributed by atoms with van der Waals surface area (Å²) in [6.07, 6.45) is 2.09. The number of amides is 1. The van der Waals surface area contributed by atoms with Gasteiger partial charge < -0.3 is 15.7 Å². The van der Waals surface area contributed by atoms with Crippen LogP contribution in [-0.2, 0) is 4.79 Å². The van der Waals surface area contributed by atoms with Crippen molar-refractivity contribution >= 4 is 28.9 Å². The molecule has 0 saturated heterocycles. The third-order valence-electron chi connectivity index (χ3n) is 2.43. The lowest BCUT2D eigenvalue weighted by Gasteiger charge is -2.07. The number of aromatic carboxylic acids is 1. The first-order valence-corrected chi connectivity index (χ1v) is 6.76. The molecule has 1 amide bonds. The Labute approximate surface area is 110 Å². The van der Waals surface area contributed by atoms with Crippen LogP contribution in [0.25, 0.3) is 0 Å². The molecule has 1 aromatic heterocycles. The van der Waals surface area contributed by atoms with E-state index < -0.39 is 5.97 Å². The number of thiophene rings is 1. The van der Waals surface area contributed by atoms with E-state index in [-0.39, 0.29) is 17.3 Å². The largest absolute Gasteiger partial charge is 0.477 e. The molecule has 6 heteroatoms. The van der Waals surface area contributed by atoms with Gasteiger partial charge in [-0.25, -0.2) is 4.79 Å². The number of carboxylic acids is 1. The van der Waals surface area contributed by atoms with Gasteiger partial charge in [-0.15, -0.1) is 11.3 Å². The molecule has 0 atom stereocenters. The number of nitrogens with one attached hydrogen (secondary N) is 2. The normalized spacial score (nSPS) is 10.3. The zero-order valence-corrected chi connectivity index (χ0v) is 11.4. The Morgan fingerprint density at radius 2 is 2.17 bits per heavy atom. The van der Waals surface area contributed by atoms with E-state index in [1.54, 1.807) is 12.3 Å². The van der Waals surface area contributed by atoms with Gasteiger partial charge in [0.15, 0.2) is 0 Å². The van der Waals surface area contributed by atoms with E-state index in [2.05, 4.69) is 17.6 Å². The van der Waals surface area contributed by atoms with Crippen LogP contribution < -0.4 is 10.6 Å². The third-order valence-corrected chi connectivity index (χ3v) is 3.51. The van der Waals surface area contributed by atoms with Gasteiger partial charge in [-0.2, -0.15) is 0 Å². The van der Waals surface area contributed by atoms with Gasteiger partial charge in [0.05, 0.1) is 12.2 Å². The molecule has 0 unspecified atom stereocenters. The first-order chi connectivity index (χ1) is 8.56. The highest BCUT2D eigenvalue weighted by molar-refractivity contribution is 7.12. The summed E-state index contributed by atoms with van der Waals surface area (Å²) in [5, 5.41) is 16.4. The van der Waals surface area contributed by atoms with Crippen LogP contribution in [0.3, 0.4) is 0 Å². The van der Waals surface area contributed by atoms with Crippen molar-refractivity contribution in [2.24, 2.45) is 0 Å². The van der Waals surface area contributed by atoms with Crippen LogP contribution in [0.5, 0.6) is 0 Å². The van der Waals surface area contributed by atoms with Crippen LogP contribution in [0.1, 0.15) is 35.0 Å². The summed E-state index contributed by atoms with van der Waals surface area (Å²) in [5.41, 5.74) is 1.19. The predicted octanol–water partition coefficient (Wildman–Crippen LogP) is 2.08. The monoisotopic (exact) mass is 270 g/mol. The molecule has 1 aromatic rings. The highest BCUT2D eigenvalue weighted by atomic mass is 32.1. The summed E-state index contributed by atoms with van der Waals surface area (Å²) in [5.74, 6) is -1.22. The minimum Gasteiger partial charge on any atom is -0.477 e. The predicted molar refractivity (Wildman–Crippen MR) is 72.4 cm³/mol. The molecule has 5 nitrogen and oxygen atoms in total. The van der Waals surface area contributed by atoms with E-state index >= 15 is 0 Å². The molecule has 1 heterocycles. The van der Waals surface area contributed by atoms with Crippen molar-refractivity contribution in [3.05, 3.63) is 15.8 Å². The van der Waals surface area contributed by atoms with E-state index in [0.717, 1.165) is 36.3 Å². The van der Waals surface area contributed by atoms with Crippen molar-refractivity contribution in [3.8, 4) is 0 Å². The second kappa shape index (κ2) is 7.13. The number of hydrogen-bond acceptors (Lipinski definition) is 4. The van der Waals surface area contributed by atoms with E-state index in [1.165, 1.54) is 0 Å². The number of hydrogen-bond donors (Lipinski definition) is 3. The lowest BCUT2D eigenvalue weighted by atomic mass is 10.2. The molecule has 3 N–H and O–H groups in total.